The minimum Gasteiger partial charge on any atom is -0.445 e. The largest absolute Gasteiger partial charge is 0.445 e. The fourth-order valence-electron chi connectivity index (χ4n) is 2.02. The average molecular weight is 415 g/mol. The number of ether oxygens (including phenoxy) is 1. The molecular weight excluding hydrogens is 398 g/mol. The molecule has 2 aromatic carbocycles. The molecule has 0 saturated heterocycles. The van der Waals surface area contributed by atoms with Gasteiger partial charge in [-0.3, -0.25) is 0 Å². The Morgan fingerprint density at radius 3 is 2.58 bits per heavy atom. The summed E-state index contributed by atoms with van der Waals surface area (Å²) in [4.78, 5) is 11.6. The van der Waals surface area contributed by atoms with E-state index in [1.807, 2.05) is 30.3 Å². The minimum atomic E-state index is -1.19. The molecule has 2 rings (SSSR count). The van der Waals surface area contributed by atoms with Gasteiger partial charge in [0, 0.05) is 16.0 Å². The third kappa shape index (κ3) is 5.49. The summed E-state index contributed by atoms with van der Waals surface area (Å²) in [6, 6.07) is 14.1. The first-order valence-electron chi connectivity index (χ1n) is 7.23. The third-order valence-corrected chi connectivity index (χ3v) is 4.24. The lowest BCUT2D eigenvalue weighted by Crippen LogP contribution is -2.35. The van der Waals surface area contributed by atoms with Gasteiger partial charge in [0.15, 0.2) is 0 Å². The van der Waals surface area contributed by atoms with Crippen molar-refractivity contribution in [2.24, 2.45) is 0 Å². The van der Waals surface area contributed by atoms with E-state index in [1.54, 1.807) is 18.2 Å². The number of aliphatic hydroxyl groups excluding tert-OH is 2. The monoisotopic (exact) mass is 413 g/mol. The van der Waals surface area contributed by atoms with Gasteiger partial charge in [-0.1, -0.05) is 63.9 Å². The lowest BCUT2D eigenvalue weighted by atomic mass is 10.0. The number of hydrogen-bond acceptors (Lipinski definition) is 4. The predicted molar refractivity (Wildman–Crippen MR) is 94.7 cm³/mol. The molecule has 2 unspecified atom stereocenters. The van der Waals surface area contributed by atoms with Crippen molar-refractivity contribution in [1.29, 1.82) is 0 Å². The molecule has 0 fully saturated rings. The molecule has 2 atom stereocenters. The van der Waals surface area contributed by atoms with Crippen molar-refractivity contribution in [3.05, 3.63) is 69.2 Å². The molecule has 24 heavy (non-hydrogen) atoms. The highest BCUT2D eigenvalue weighted by molar-refractivity contribution is 9.10. The van der Waals surface area contributed by atoms with E-state index in [0.29, 0.717) is 15.1 Å². The molecule has 128 valence electrons. The Balaban J connectivity index is 1.81. The van der Waals surface area contributed by atoms with Crippen LogP contribution in [-0.2, 0) is 11.3 Å². The zero-order valence-electron chi connectivity index (χ0n) is 12.7. The fourth-order valence-corrected chi connectivity index (χ4v) is 2.94. The molecule has 0 aromatic heterocycles. The Labute approximate surface area is 153 Å². The molecule has 5 nitrogen and oxygen atoms in total. The molecule has 2 aromatic rings. The third-order valence-electron chi connectivity index (χ3n) is 3.31. The molecule has 0 spiro atoms. The van der Waals surface area contributed by atoms with Crippen molar-refractivity contribution in [2.45, 2.75) is 18.8 Å². The standard InChI is InChI=1S/C17H17BrClNO4/c18-14-8-12(19)6-7-13(14)16(22)15(21)9-20-17(23)24-10-11-4-2-1-3-5-11/h1-8,15-16,21-22H,9-10H2,(H,20,23). The van der Waals surface area contributed by atoms with Crippen LogP contribution < -0.4 is 5.32 Å². The van der Waals surface area contributed by atoms with E-state index < -0.39 is 18.3 Å². The molecule has 0 bridgehead atoms. The SMILES string of the molecule is O=C(NCC(O)C(O)c1ccc(Cl)cc1Br)OCc1ccccc1. The molecule has 7 heteroatoms. The van der Waals surface area contributed by atoms with E-state index in [0.717, 1.165) is 5.56 Å². The van der Waals surface area contributed by atoms with Crippen LogP contribution >= 0.6 is 27.5 Å². The molecule has 0 aliphatic rings. The van der Waals surface area contributed by atoms with Crippen LogP contribution in [0.15, 0.2) is 53.0 Å². The number of rotatable bonds is 6. The summed E-state index contributed by atoms with van der Waals surface area (Å²) in [6.45, 7) is -0.0160. The maximum atomic E-state index is 11.6. The summed E-state index contributed by atoms with van der Waals surface area (Å²) in [5.74, 6) is 0. The Morgan fingerprint density at radius 1 is 1.21 bits per heavy atom. The second kappa shape index (κ2) is 9.03. The second-order valence-corrected chi connectivity index (χ2v) is 6.41. The Morgan fingerprint density at radius 2 is 1.92 bits per heavy atom. The molecule has 0 saturated carbocycles. The molecule has 0 radical (unpaired) electrons. The maximum Gasteiger partial charge on any atom is 0.407 e. The van der Waals surface area contributed by atoms with Crippen molar-refractivity contribution in [3.8, 4) is 0 Å². The van der Waals surface area contributed by atoms with Crippen LogP contribution in [0.2, 0.25) is 5.02 Å². The summed E-state index contributed by atoms with van der Waals surface area (Å²) in [7, 11) is 0. The van der Waals surface area contributed by atoms with Crippen molar-refractivity contribution in [2.75, 3.05) is 6.54 Å². The predicted octanol–water partition coefficient (Wildman–Crippen LogP) is 3.42. The van der Waals surface area contributed by atoms with Gasteiger partial charge in [0.25, 0.3) is 0 Å². The number of amides is 1. The number of alkyl carbamates (subject to hydrolysis) is 1. The molecule has 0 aliphatic heterocycles. The summed E-state index contributed by atoms with van der Waals surface area (Å²) in [6.07, 6.45) is -3.03. The Bertz CT molecular complexity index is 684. The van der Waals surface area contributed by atoms with Crippen LogP contribution in [0.1, 0.15) is 17.2 Å². The fraction of sp³-hybridized carbons (Fsp3) is 0.235. The maximum absolute atomic E-state index is 11.6. The van der Waals surface area contributed by atoms with Crippen LogP contribution in [-0.4, -0.2) is 29.0 Å². The lowest BCUT2D eigenvalue weighted by molar-refractivity contribution is 0.0180. The molecule has 1 amide bonds. The quantitative estimate of drug-likeness (QED) is 0.677. The van der Waals surface area contributed by atoms with Crippen molar-refractivity contribution < 1.29 is 19.7 Å². The highest BCUT2D eigenvalue weighted by Gasteiger charge is 2.21. The van der Waals surface area contributed by atoms with Gasteiger partial charge in [0.1, 0.15) is 18.8 Å². The van der Waals surface area contributed by atoms with Gasteiger partial charge in [-0.2, -0.15) is 0 Å². The lowest BCUT2D eigenvalue weighted by Gasteiger charge is -2.19. The van der Waals surface area contributed by atoms with Crippen LogP contribution in [0.3, 0.4) is 0 Å². The Hall–Kier alpha value is -1.60. The first-order valence-corrected chi connectivity index (χ1v) is 8.40. The average Bonchev–Trinajstić information content (AvgIpc) is 2.58. The van der Waals surface area contributed by atoms with Gasteiger partial charge in [-0.05, 0) is 23.3 Å². The van der Waals surface area contributed by atoms with Crippen LogP contribution in [0.4, 0.5) is 4.79 Å². The normalized spacial score (nSPS) is 13.2. The molecule has 3 N–H and O–H groups in total. The van der Waals surface area contributed by atoms with Gasteiger partial charge in [-0.25, -0.2) is 4.79 Å². The minimum absolute atomic E-state index is 0.133. The first kappa shape index (κ1) is 18.7. The highest BCUT2D eigenvalue weighted by atomic mass is 79.9. The summed E-state index contributed by atoms with van der Waals surface area (Å²) < 4.78 is 5.61. The van der Waals surface area contributed by atoms with Gasteiger partial charge in [0.05, 0.1) is 0 Å². The van der Waals surface area contributed by atoms with E-state index in [-0.39, 0.29) is 13.2 Å². The first-order chi connectivity index (χ1) is 11.5. The van der Waals surface area contributed by atoms with Gasteiger partial charge >= 0.3 is 6.09 Å². The van der Waals surface area contributed by atoms with Crippen molar-refractivity contribution in [3.63, 3.8) is 0 Å². The van der Waals surface area contributed by atoms with E-state index in [1.165, 1.54) is 0 Å². The van der Waals surface area contributed by atoms with Gasteiger partial charge < -0.3 is 20.3 Å². The zero-order valence-corrected chi connectivity index (χ0v) is 15.0. The van der Waals surface area contributed by atoms with Gasteiger partial charge in [0.2, 0.25) is 0 Å². The summed E-state index contributed by atoms with van der Waals surface area (Å²) in [5, 5.41) is 23.1. The molecular formula is C17H17BrClNO4. The van der Waals surface area contributed by atoms with E-state index in [2.05, 4.69) is 21.2 Å². The smallest absolute Gasteiger partial charge is 0.407 e. The van der Waals surface area contributed by atoms with Crippen LogP contribution in [0.5, 0.6) is 0 Å². The number of hydrogen-bond donors (Lipinski definition) is 3. The number of nitrogens with one attached hydrogen (secondary N) is 1. The number of halogens is 2. The van der Waals surface area contributed by atoms with Crippen LogP contribution in [0, 0.1) is 0 Å². The number of aliphatic hydroxyl groups is 2. The van der Waals surface area contributed by atoms with Gasteiger partial charge in [-0.15, -0.1) is 0 Å². The van der Waals surface area contributed by atoms with Crippen molar-refractivity contribution >= 4 is 33.6 Å². The number of carbonyl (C=O) groups is 1. The topological polar surface area (TPSA) is 78.8 Å². The van der Waals surface area contributed by atoms with Crippen molar-refractivity contribution in [1.82, 2.24) is 5.32 Å². The van der Waals surface area contributed by atoms with E-state index in [4.69, 9.17) is 16.3 Å². The number of carbonyl (C=O) groups excluding carboxylic acids is 1. The highest BCUT2D eigenvalue weighted by Crippen LogP contribution is 2.28. The zero-order chi connectivity index (χ0) is 17.5. The summed E-state index contributed by atoms with van der Waals surface area (Å²) >= 11 is 9.12. The summed E-state index contributed by atoms with van der Waals surface area (Å²) in [5.41, 5.74) is 1.34. The molecule has 0 heterocycles. The Kier molecular flexibility index (Phi) is 7.05. The number of benzene rings is 2. The second-order valence-electron chi connectivity index (χ2n) is 5.12. The molecule has 0 aliphatic carbocycles. The van der Waals surface area contributed by atoms with E-state index >= 15 is 0 Å². The van der Waals surface area contributed by atoms with Crippen LogP contribution in [0.25, 0.3) is 0 Å². The van der Waals surface area contributed by atoms with E-state index in [9.17, 15) is 15.0 Å².